The van der Waals surface area contributed by atoms with Gasteiger partial charge in [0.2, 0.25) is 9.84 Å². The van der Waals surface area contributed by atoms with Crippen LogP contribution in [0.15, 0.2) is 46.3 Å². The van der Waals surface area contributed by atoms with Crippen LogP contribution in [0.2, 0.25) is 0 Å². The molecule has 0 atom stereocenters. The van der Waals surface area contributed by atoms with Crippen LogP contribution in [0.3, 0.4) is 0 Å². The lowest BCUT2D eigenvalue weighted by Gasteiger charge is -2.12. The van der Waals surface area contributed by atoms with Gasteiger partial charge in [0.25, 0.3) is 5.91 Å². The summed E-state index contributed by atoms with van der Waals surface area (Å²) in [4.78, 5) is 13.2. The van der Waals surface area contributed by atoms with Crippen molar-refractivity contribution in [3.05, 3.63) is 47.8 Å². The summed E-state index contributed by atoms with van der Waals surface area (Å²) in [5, 5.41) is 11.4. The number of nitriles is 1. The summed E-state index contributed by atoms with van der Waals surface area (Å²) in [7, 11) is -4.50. The van der Waals surface area contributed by atoms with Gasteiger partial charge < -0.3 is 10.3 Å². The normalized spacial score (nSPS) is 15.9. The average Bonchev–Trinajstić information content (AvgIpc) is 3.17. The van der Waals surface area contributed by atoms with Crippen molar-refractivity contribution in [1.82, 2.24) is 10.3 Å². The summed E-state index contributed by atoms with van der Waals surface area (Å²) < 4.78 is 64.5. The van der Waals surface area contributed by atoms with Crippen LogP contribution in [0.1, 0.15) is 28.9 Å². The van der Waals surface area contributed by atoms with E-state index in [1.165, 1.54) is 6.07 Å². The number of hydrogen-bond donors (Lipinski definition) is 2. The van der Waals surface area contributed by atoms with E-state index in [0.717, 1.165) is 24.4 Å². The maximum Gasteiger partial charge on any atom is 0.417 e. The van der Waals surface area contributed by atoms with Crippen molar-refractivity contribution in [2.45, 2.75) is 34.3 Å². The number of benzene rings is 1. The van der Waals surface area contributed by atoms with Crippen molar-refractivity contribution in [3.8, 4) is 6.07 Å². The topological polar surface area (TPSA) is 103 Å². The molecule has 1 saturated carbocycles. The van der Waals surface area contributed by atoms with E-state index < -0.39 is 42.8 Å². The minimum atomic E-state index is -4.84. The van der Waals surface area contributed by atoms with Gasteiger partial charge in [-0.25, -0.2) is 8.42 Å². The number of hydrogen-bond acceptors (Lipinski definition) is 4. The molecule has 1 heterocycles. The van der Waals surface area contributed by atoms with Crippen molar-refractivity contribution in [3.63, 3.8) is 0 Å². The van der Waals surface area contributed by atoms with E-state index in [0.29, 0.717) is 18.9 Å². The number of nitrogens with zero attached hydrogens (tertiary/aromatic N) is 1. The zero-order valence-electron chi connectivity index (χ0n) is 13.1. The summed E-state index contributed by atoms with van der Waals surface area (Å²) in [5.41, 5.74) is -2.40. The Hall–Kier alpha value is -2.80. The third-order valence-electron chi connectivity index (χ3n) is 4.01. The van der Waals surface area contributed by atoms with Gasteiger partial charge in [0.05, 0.1) is 21.4 Å². The summed E-state index contributed by atoms with van der Waals surface area (Å²) in [6.45, 7) is 0. The van der Waals surface area contributed by atoms with E-state index in [4.69, 9.17) is 5.26 Å². The fraction of sp³-hybridized carbons (Fsp3) is 0.250. The molecule has 2 aromatic rings. The lowest BCUT2D eigenvalue weighted by atomic mass is 10.2. The maximum atomic E-state index is 13.1. The second-order valence-corrected chi connectivity index (χ2v) is 7.81. The first-order chi connectivity index (χ1) is 12.1. The molecule has 1 aliphatic carbocycles. The van der Waals surface area contributed by atoms with Crippen LogP contribution in [0, 0.1) is 11.3 Å². The molecule has 10 heteroatoms. The molecular formula is C16H12F3N3O3S. The molecule has 1 aliphatic rings. The highest BCUT2D eigenvalue weighted by atomic mass is 32.2. The Morgan fingerprint density at radius 1 is 1.27 bits per heavy atom. The summed E-state index contributed by atoms with van der Waals surface area (Å²) in [5.74, 6) is -0.699. The van der Waals surface area contributed by atoms with E-state index in [-0.39, 0.29) is 5.69 Å². The van der Waals surface area contributed by atoms with Gasteiger partial charge in [-0.15, -0.1) is 0 Å². The Balaban J connectivity index is 1.94. The van der Waals surface area contributed by atoms with Gasteiger partial charge in [-0.1, -0.05) is 12.1 Å². The molecular weight excluding hydrogens is 371 g/mol. The second-order valence-electron chi connectivity index (χ2n) is 5.89. The van der Waals surface area contributed by atoms with E-state index in [1.54, 1.807) is 0 Å². The molecule has 1 fully saturated rings. The molecule has 0 bridgehead atoms. The number of aromatic nitrogens is 1. The van der Waals surface area contributed by atoms with Gasteiger partial charge in [-0.2, -0.15) is 18.4 Å². The summed E-state index contributed by atoms with van der Waals surface area (Å²) >= 11 is 0. The quantitative estimate of drug-likeness (QED) is 0.847. The smallest absolute Gasteiger partial charge is 0.356 e. The Labute approximate surface area is 146 Å². The summed E-state index contributed by atoms with van der Waals surface area (Å²) in [6, 6.07) is 6.72. The van der Waals surface area contributed by atoms with E-state index in [9.17, 15) is 26.4 Å². The average molecular weight is 383 g/mol. The zero-order chi connectivity index (χ0) is 19.2. The second kappa shape index (κ2) is 5.88. The molecule has 1 aromatic carbocycles. The molecule has 6 nitrogen and oxygen atoms in total. The van der Waals surface area contributed by atoms with Crippen LogP contribution in [-0.4, -0.2) is 24.8 Å². The number of rotatable bonds is 4. The molecule has 3 rings (SSSR count). The molecule has 0 saturated heterocycles. The lowest BCUT2D eigenvalue weighted by Crippen LogP contribution is -2.35. The Morgan fingerprint density at radius 3 is 2.50 bits per heavy atom. The van der Waals surface area contributed by atoms with E-state index in [2.05, 4.69) is 10.3 Å². The number of alkyl halides is 3. The highest BCUT2D eigenvalue weighted by molar-refractivity contribution is 7.91. The predicted molar refractivity (Wildman–Crippen MR) is 82.7 cm³/mol. The first-order valence-corrected chi connectivity index (χ1v) is 8.91. The number of carbonyl (C=O) groups is 1. The minimum Gasteiger partial charge on any atom is -0.356 e. The SMILES string of the molecule is N#CC1(NC(=O)c2cc(S(=O)(=O)c3ccccc3C(F)(F)F)c[nH]2)CC1. The Morgan fingerprint density at radius 2 is 1.92 bits per heavy atom. The van der Waals surface area contributed by atoms with Crippen LogP contribution in [0.4, 0.5) is 13.2 Å². The molecule has 136 valence electrons. The Bertz CT molecular complexity index is 1020. The van der Waals surface area contributed by atoms with Crippen LogP contribution >= 0.6 is 0 Å². The molecule has 26 heavy (non-hydrogen) atoms. The number of nitrogens with one attached hydrogen (secondary N) is 2. The van der Waals surface area contributed by atoms with Gasteiger partial charge in [0, 0.05) is 6.20 Å². The minimum absolute atomic E-state index is 0.158. The fourth-order valence-electron chi connectivity index (χ4n) is 2.40. The predicted octanol–water partition coefficient (Wildman–Crippen LogP) is 2.65. The van der Waals surface area contributed by atoms with Gasteiger partial charge in [0.15, 0.2) is 0 Å². The number of carbonyl (C=O) groups excluding carboxylic acids is 1. The molecule has 0 aliphatic heterocycles. The number of halogens is 3. The largest absolute Gasteiger partial charge is 0.417 e. The van der Waals surface area contributed by atoms with Crippen molar-refractivity contribution in [2.75, 3.05) is 0 Å². The van der Waals surface area contributed by atoms with Gasteiger partial charge >= 0.3 is 6.18 Å². The van der Waals surface area contributed by atoms with Crippen molar-refractivity contribution in [1.29, 1.82) is 5.26 Å². The molecule has 0 radical (unpaired) electrons. The van der Waals surface area contributed by atoms with Crippen molar-refractivity contribution in [2.24, 2.45) is 0 Å². The molecule has 1 amide bonds. The number of H-pyrrole nitrogens is 1. The van der Waals surface area contributed by atoms with Gasteiger partial charge in [0.1, 0.15) is 11.2 Å². The number of aromatic amines is 1. The standard InChI is InChI=1S/C16H12F3N3O3S/c17-16(18,19)11-3-1-2-4-13(11)26(24,25)10-7-12(21-8-10)14(23)22-15(9-20)5-6-15/h1-4,7-8,21H,5-6H2,(H,22,23). The third-order valence-corrected chi connectivity index (χ3v) is 5.80. The number of sulfone groups is 1. The molecule has 1 aromatic heterocycles. The highest BCUT2D eigenvalue weighted by Gasteiger charge is 2.45. The lowest BCUT2D eigenvalue weighted by molar-refractivity contribution is -0.139. The van der Waals surface area contributed by atoms with E-state index in [1.807, 2.05) is 6.07 Å². The van der Waals surface area contributed by atoms with Gasteiger partial charge in [-0.05, 0) is 31.0 Å². The monoisotopic (exact) mass is 383 g/mol. The van der Waals surface area contributed by atoms with Crippen LogP contribution in [0.5, 0.6) is 0 Å². The van der Waals surface area contributed by atoms with E-state index >= 15 is 0 Å². The summed E-state index contributed by atoms with van der Waals surface area (Å²) in [6.07, 6.45) is -2.92. The molecule has 0 unspecified atom stereocenters. The van der Waals surface area contributed by atoms with Crippen LogP contribution in [0.25, 0.3) is 0 Å². The third kappa shape index (κ3) is 3.17. The van der Waals surface area contributed by atoms with Crippen molar-refractivity contribution < 1.29 is 26.4 Å². The highest BCUT2D eigenvalue weighted by Crippen LogP contribution is 2.37. The maximum absolute atomic E-state index is 13.1. The molecule has 0 spiro atoms. The first kappa shape index (κ1) is 18.0. The van der Waals surface area contributed by atoms with Crippen LogP contribution < -0.4 is 5.32 Å². The first-order valence-electron chi connectivity index (χ1n) is 7.43. The number of amides is 1. The fourth-order valence-corrected chi connectivity index (χ4v) is 3.87. The van der Waals surface area contributed by atoms with Crippen LogP contribution in [-0.2, 0) is 16.0 Å². The zero-order valence-corrected chi connectivity index (χ0v) is 13.9. The van der Waals surface area contributed by atoms with Crippen molar-refractivity contribution >= 4 is 15.7 Å². The Kier molecular flexibility index (Phi) is 4.07. The van der Waals surface area contributed by atoms with Gasteiger partial charge in [-0.3, -0.25) is 4.79 Å². The molecule has 2 N–H and O–H groups in total.